The van der Waals surface area contributed by atoms with E-state index in [-0.39, 0.29) is 5.91 Å². The third-order valence-electron chi connectivity index (χ3n) is 2.82. The monoisotopic (exact) mass is 267 g/mol. The van der Waals surface area contributed by atoms with Crippen LogP contribution in [-0.2, 0) is 4.79 Å². The number of methoxy groups -OCH3 is 1. The van der Waals surface area contributed by atoms with Crippen LogP contribution in [0.1, 0.15) is 18.1 Å². The molecular weight excluding hydrogens is 250 g/mol. The van der Waals surface area contributed by atoms with E-state index in [1.807, 2.05) is 60.7 Å². The summed E-state index contributed by atoms with van der Waals surface area (Å²) >= 11 is 0. The Balaban J connectivity index is 2.32. The Morgan fingerprint density at radius 2 is 1.85 bits per heavy atom. The Kier molecular flexibility index (Phi) is 4.56. The molecule has 0 unspecified atom stereocenters. The first-order valence-corrected chi connectivity index (χ1v) is 6.38. The first-order chi connectivity index (χ1) is 9.69. The SMILES string of the molecule is COc1ccc(NC(C)=O)c(/C=C/c2ccccc2)c1. The quantitative estimate of drug-likeness (QED) is 0.855. The zero-order chi connectivity index (χ0) is 14.4. The molecule has 1 amide bonds. The van der Waals surface area contributed by atoms with E-state index in [1.54, 1.807) is 7.11 Å². The van der Waals surface area contributed by atoms with Gasteiger partial charge in [-0.05, 0) is 23.8 Å². The molecule has 0 saturated heterocycles. The van der Waals surface area contributed by atoms with Crippen LogP contribution in [0.15, 0.2) is 48.5 Å². The van der Waals surface area contributed by atoms with E-state index < -0.39 is 0 Å². The van der Waals surface area contributed by atoms with Crippen LogP contribution in [-0.4, -0.2) is 13.0 Å². The molecule has 2 rings (SSSR count). The average molecular weight is 267 g/mol. The topological polar surface area (TPSA) is 38.3 Å². The van der Waals surface area contributed by atoms with Gasteiger partial charge < -0.3 is 10.1 Å². The summed E-state index contributed by atoms with van der Waals surface area (Å²) in [5, 5.41) is 2.82. The van der Waals surface area contributed by atoms with Crippen LogP contribution < -0.4 is 10.1 Å². The number of nitrogens with one attached hydrogen (secondary N) is 1. The number of anilines is 1. The zero-order valence-corrected chi connectivity index (χ0v) is 11.6. The summed E-state index contributed by atoms with van der Waals surface area (Å²) in [5.41, 5.74) is 2.78. The van der Waals surface area contributed by atoms with Crippen LogP contribution >= 0.6 is 0 Å². The van der Waals surface area contributed by atoms with E-state index in [2.05, 4.69) is 5.32 Å². The van der Waals surface area contributed by atoms with Gasteiger partial charge in [0, 0.05) is 18.2 Å². The molecule has 0 aliphatic carbocycles. The summed E-state index contributed by atoms with van der Waals surface area (Å²) in [6.45, 7) is 1.49. The average Bonchev–Trinajstić information content (AvgIpc) is 2.47. The van der Waals surface area contributed by atoms with Crippen molar-refractivity contribution in [1.82, 2.24) is 0 Å². The Hall–Kier alpha value is -2.55. The van der Waals surface area contributed by atoms with Crippen LogP contribution in [0.2, 0.25) is 0 Å². The van der Waals surface area contributed by atoms with Crippen molar-refractivity contribution in [3.8, 4) is 5.75 Å². The molecule has 0 aliphatic heterocycles. The summed E-state index contributed by atoms with van der Waals surface area (Å²) in [6, 6.07) is 15.6. The molecule has 0 fully saturated rings. The molecule has 0 bridgehead atoms. The van der Waals surface area contributed by atoms with Gasteiger partial charge >= 0.3 is 0 Å². The smallest absolute Gasteiger partial charge is 0.221 e. The van der Waals surface area contributed by atoms with Crippen molar-refractivity contribution in [2.75, 3.05) is 12.4 Å². The number of carbonyl (C=O) groups excluding carboxylic acids is 1. The van der Waals surface area contributed by atoms with Crippen molar-refractivity contribution in [2.24, 2.45) is 0 Å². The van der Waals surface area contributed by atoms with Gasteiger partial charge in [-0.25, -0.2) is 0 Å². The first kappa shape index (κ1) is 13.9. The van der Waals surface area contributed by atoms with Crippen molar-refractivity contribution < 1.29 is 9.53 Å². The Labute approximate surface area is 118 Å². The summed E-state index contributed by atoms with van der Waals surface area (Å²) in [6.07, 6.45) is 3.96. The lowest BCUT2D eigenvalue weighted by molar-refractivity contribution is -0.114. The fraction of sp³-hybridized carbons (Fsp3) is 0.118. The molecular formula is C17H17NO2. The molecule has 0 spiro atoms. The molecule has 2 aromatic rings. The predicted octanol–water partition coefficient (Wildman–Crippen LogP) is 3.82. The van der Waals surface area contributed by atoms with E-state index in [4.69, 9.17) is 4.74 Å². The molecule has 1 N–H and O–H groups in total. The molecule has 0 aromatic heterocycles. The van der Waals surface area contributed by atoms with Crippen molar-refractivity contribution in [2.45, 2.75) is 6.92 Å². The van der Waals surface area contributed by atoms with Gasteiger partial charge in [-0.1, -0.05) is 42.5 Å². The van der Waals surface area contributed by atoms with Crippen LogP contribution in [0.5, 0.6) is 5.75 Å². The Bertz CT molecular complexity index is 618. The van der Waals surface area contributed by atoms with Gasteiger partial charge in [-0.3, -0.25) is 4.79 Å². The molecule has 20 heavy (non-hydrogen) atoms. The lowest BCUT2D eigenvalue weighted by Crippen LogP contribution is -2.07. The van der Waals surface area contributed by atoms with Crippen molar-refractivity contribution in [3.05, 3.63) is 59.7 Å². The second kappa shape index (κ2) is 6.57. The predicted molar refractivity (Wildman–Crippen MR) is 82.7 cm³/mol. The largest absolute Gasteiger partial charge is 0.497 e. The molecule has 3 heteroatoms. The third-order valence-corrected chi connectivity index (χ3v) is 2.82. The minimum Gasteiger partial charge on any atom is -0.497 e. The van der Waals surface area contributed by atoms with Gasteiger partial charge in [0.1, 0.15) is 5.75 Å². The van der Waals surface area contributed by atoms with Gasteiger partial charge in [0.15, 0.2) is 0 Å². The molecule has 0 radical (unpaired) electrons. The lowest BCUT2D eigenvalue weighted by atomic mass is 10.1. The number of benzene rings is 2. The van der Waals surface area contributed by atoms with Crippen LogP contribution in [0.25, 0.3) is 12.2 Å². The highest BCUT2D eigenvalue weighted by Gasteiger charge is 2.03. The van der Waals surface area contributed by atoms with Gasteiger partial charge in [-0.15, -0.1) is 0 Å². The number of hydrogen-bond donors (Lipinski definition) is 1. The van der Waals surface area contributed by atoms with Crippen molar-refractivity contribution in [1.29, 1.82) is 0 Å². The highest BCUT2D eigenvalue weighted by atomic mass is 16.5. The van der Waals surface area contributed by atoms with Gasteiger partial charge in [0.2, 0.25) is 5.91 Å². The fourth-order valence-corrected chi connectivity index (χ4v) is 1.86. The third kappa shape index (κ3) is 3.72. The summed E-state index contributed by atoms with van der Waals surface area (Å²) in [5.74, 6) is 0.663. The number of carbonyl (C=O) groups is 1. The van der Waals surface area contributed by atoms with E-state index in [9.17, 15) is 4.79 Å². The number of amides is 1. The van der Waals surface area contributed by atoms with Crippen molar-refractivity contribution >= 4 is 23.7 Å². The highest BCUT2D eigenvalue weighted by molar-refractivity contribution is 5.92. The summed E-state index contributed by atoms with van der Waals surface area (Å²) in [7, 11) is 1.62. The summed E-state index contributed by atoms with van der Waals surface area (Å²) < 4.78 is 5.22. The van der Waals surface area contributed by atoms with E-state index in [0.29, 0.717) is 0 Å². The molecule has 2 aromatic carbocycles. The van der Waals surface area contributed by atoms with Crippen LogP contribution in [0.3, 0.4) is 0 Å². The maximum absolute atomic E-state index is 11.2. The minimum atomic E-state index is -0.0930. The van der Waals surface area contributed by atoms with Gasteiger partial charge in [0.25, 0.3) is 0 Å². The fourth-order valence-electron chi connectivity index (χ4n) is 1.86. The molecule has 0 heterocycles. The van der Waals surface area contributed by atoms with Crippen LogP contribution in [0.4, 0.5) is 5.69 Å². The highest BCUT2D eigenvalue weighted by Crippen LogP contribution is 2.24. The van der Waals surface area contributed by atoms with Gasteiger partial charge in [0.05, 0.1) is 7.11 Å². The first-order valence-electron chi connectivity index (χ1n) is 6.38. The number of rotatable bonds is 4. The molecule has 0 saturated carbocycles. The molecule has 0 atom stereocenters. The lowest BCUT2D eigenvalue weighted by Gasteiger charge is -2.09. The maximum atomic E-state index is 11.2. The number of ether oxygens (including phenoxy) is 1. The van der Waals surface area contributed by atoms with Crippen LogP contribution in [0, 0.1) is 0 Å². The Morgan fingerprint density at radius 1 is 1.10 bits per heavy atom. The Morgan fingerprint density at radius 3 is 2.50 bits per heavy atom. The number of hydrogen-bond acceptors (Lipinski definition) is 2. The normalized spacial score (nSPS) is 10.5. The molecule has 3 nitrogen and oxygen atoms in total. The van der Waals surface area contributed by atoms with Crippen molar-refractivity contribution in [3.63, 3.8) is 0 Å². The van der Waals surface area contributed by atoms with E-state index in [0.717, 1.165) is 22.6 Å². The van der Waals surface area contributed by atoms with E-state index in [1.165, 1.54) is 6.92 Å². The second-order valence-corrected chi connectivity index (χ2v) is 4.38. The van der Waals surface area contributed by atoms with E-state index >= 15 is 0 Å². The summed E-state index contributed by atoms with van der Waals surface area (Å²) in [4.78, 5) is 11.2. The molecule has 0 aliphatic rings. The maximum Gasteiger partial charge on any atom is 0.221 e. The zero-order valence-electron chi connectivity index (χ0n) is 11.6. The standard InChI is InChI=1S/C17H17NO2/c1-13(19)18-17-11-10-16(20-2)12-15(17)9-8-14-6-4-3-5-7-14/h3-12H,1-2H3,(H,18,19)/b9-8+. The second-order valence-electron chi connectivity index (χ2n) is 4.38. The van der Waals surface area contributed by atoms with Gasteiger partial charge in [-0.2, -0.15) is 0 Å². The molecule has 102 valence electrons. The minimum absolute atomic E-state index is 0.0930.